The summed E-state index contributed by atoms with van der Waals surface area (Å²) in [5, 5.41) is 0.612. The molecule has 1 aromatic heterocycles. The lowest BCUT2D eigenvalue weighted by atomic mass is 9.88. The highest BCUT2D eigenvalue weighted by Gasteiger charge is 2.46. The lowest BCUT2D eigenvalue weighted by Gasteiger charge is -2.19. The minimum atomic E-state index is -1.05. The van der Waals surface area contributed by atoms with Crippen molar-refractivity contribution in [3.8, 4) is 17.2 Å². The largest absolute Gasteiger partial charge is 0.497 e. The number of esters is 1. The first-order valence-corrected chi connectivity index (χ1v) is 8.61. The van der Waals surface area contributed by atoms with Gasteiger partial charge in [0.15, 0.2) is 0 Å². The maximum absolute atomic E-state index is 12.8. The third kappa shape index (κ3) is 2.67. The van der Waals surface area contributed by atoms with Crippen molar-refractivity contribution in [3.63, 3.8) is 0 Å². The van der Waals surface area contributed by atoms with Crippen LogP contribution in [0.4, 0.5) is 0 Å². The molecule has 0 aliphatic carbocycles. The van der Waals surface area contributed by atoms with Crippen LogP contribution >= 0.6 is 0 Å². The Morgan fingerprint density at radius 1 is 1.04 bits per heavy atom. The van der Waals surface area contributed by atoms with Crippen molar-refractivity contribution in [1.29, 1.82) is 0 Å². The molecule has 2 atom stereocenters. The number of carbonyl (C=O) groups excluding carboxylic acids is 1. The molecule has 28 heavy (non-hydrogen) atoms. The summed E-state index contributed by atoms with van der Waals surface area (Å²) < 4.78 is 27.1. The van der Waals surface area contributed by atoms with E-state index in [1.54, 1.807) is 49.6 Å². The summed E-state index contributed by atoms with van der Waals surface area (Å²) in [7, 11) is 4.32. The van der Waals surface area contributed by atoms with Gasteiger partial charge in [-0.1, -0.05) is 18.2 Å². The Labute approximate surface area is 160 Å². The number of hydrogen-bond acceptors (Lipinski definition) is 7. The molecule has 0 spiro atoms. The molecule has 0 N–H and O–H groups in total. The number of benzene rings is 2. The first kappa shape index (κ1) is 17.9. The van der Waals surface area contributed by atoms with E-state index in [1.165, 1.54) is 14.2 Å². The van der Waals surface area contributed by atoms with Gasteiger partial charge in [-0.2, -0.15) is 0 Å². The molecule has 7 nitrogen and oxygen atoms in total. The van der Waals surface area contributed by atoms with Crippen LogP contribution < -0.4 is 19.8 Å². The zero-order chi connectivity index (χ0) is 19.8. The molecule has 0 amide bonds. The molecule has 0 bridgehead atoms. The molecule has 2 aromatic carbocycles. The minimum absolute atomic E-state index is 0.262. The van der Waals surface area contributed by atoms with Crippen molar-refractivity contribution in [1.82, 2.24) is 0 Å². The molecule has 0 saturated carbocycles. The van der Waals surface area contributed by atoms with Crippen molar-refractivity contribution in [2.75, 3.05) is 21.3 Å². The van der Waals surface area contributed by atoms with Crippen molar-refractivity contribution in [2.45, 2.75) is 12.0 Å². The molecule has 0 saturated heterocycles. The summed E-state index contributed by atoms with van der Waals surface area (Å²) in [6, 6.07) is 12.2. The van der Waals surface area contributed by atoms with E-state index in [9.17, 15) is 9.59 Å². The second kappa shape index (κ2) is 6.92. The van der Waals surface area contributed by atoms with Gasteiger partial charge in [-0.15, -0.1) is 0 Å². The first-order valence-electron chi connectivity index (χ1n) is 8.61. The number of para-hydroxylation sites is 1. The number of ether oxygens (including phenoxy) is 4. The Morgan fingerprint density at radius 2 is 1.82 bits per heavy atom. The van der Waals surface area contributed by atoms with Crippen molar-refractivity contribution >= 4 is 16.9 Å². The standard InChI is InChI=1S/C21H18O7/c1-24-11-8-9-12(15(10-11)25-2)16-17-18(28-19(16)21(23)26-3)13-6-4-5-7-14(13)27-20(17)22/h4-10,16,19H,1-3H3/t16-,19-/m0/s1. The Balaban J connectivity index is 1.99. The van der Waals surface area contributed by atoms with Crippen LogP contribution in [-0.2, 0) is 9.53 Å². The van der Waals surface area contributed by atoms with E-state index in [4.69, 9.17) is 23.4 Å². The summed E-state index contributed by atoms with van der Waals surface area (Å²) in [6.45, 7) is 0. The van der Waals surface area contributed by atoms with E-state index < -0.39 is 23.6 Å². The zero-order valence-corrected chi connectivity index (χ0v) is 15.6. The average molecular weight is 382 g/mol. The van der Waals surface area contributed by atoms with Gasteiger partial charge < -0.3 is 23.4 Å². The first-order chi connectivity index (χ1) is 13.6. The van der Waals surface area contributed by atoms with E-state index in [0.717, 1.165) is 0 Å². The number of carbonyl (C=O) groups is 1. The van der Waals surface area contributed by atoms with Crippen molar-refractivity contribution < 1.29 is 28.2 Å². The maximum atomic E-state index is 12.8. The fourth-order valence-electron chi connectivity index (χ4n) is 3.57. The van der Waals surface area contributed by atoms with Crippen LogP contribution in [0.3, 0.4) is 0 Å². The zero-order valence-electron chi connectivity index (χ0n) is 15.6. The number of fused-ring (bicyclic) bond motifs is 3. The van der Waals surface area contributed by atoms with Crippen molar-refractivity contribution in [2.24, 2.45) is 0 Å². The normalized spacial score (nSPS) is 17.7. The van der Waals surface area contributed by atoms with Gasteiger partial charge in [0, 0.05) is 11.6 Å². The predicted molar refractivity (Wildman–Crippen MR) is 100 cm³/mol. The molecule has 1 aliphatic rings. The molecule has 3 aromatic rings. The van der Waals surface area contributed by atoms with Gasteiger partial charge in [0.2, 0.25) is 6.10 Å². The van der Waals surface area contributed by atoms with E-state index >= 15 is 0 Å². The van der Waals surface area contributed by atoms with Gasteiger partial charge in [0.1, 0.15) is 22.8 Å². The highest BCUT2D eigenvalue weighted by molar-refractivity contribution is 5.88. The lowest BCUT2D eigenvalue weighted by Crippen LogP contribution is -2.32. The Hall–Kier alpha value is -3.48. The monoisotopic (exact) mass is 382 g/mol. The van der Waals surface area contributed by atoms with Crippen LogP contribution in [0.5, 0.6) is 17.2 Å². The molecular formula is C21H18O7. The Kier molecular flexibility index (Phi) is 4.43. The van der Waals surface area contributed by atoms with Crippen LogP contribution in [0.1, 0.15) is 17.0 Å². The Bertz CT molecular complexity index is 1120. The molecule has 0 unspecified atom stereocenters. The van der Waals surface area contributed by atoms with Gasteiger partial charge in [0.25, 0.3) is 0 Å². The topological polar surface area (TPSA) is 84.2 Å². The second-order valence-electron chi connectivity index (χ2n) is 6.28. The fourth-order valence-corrected chi connectivity index (χ4v) is 3.57. The second-order valence-corrected chi connectivity index (χ2v) is 6.28. The van der Waals surface area contributed by atoms with Crippen LogP contribution in [0.15, 0.2) is 51.7 Å². The molecule has 0 fully saturated rings. The SMILES string of the molecule is COC(=O)[C@H]1Oc2c(c(=O)oc3ccccc23)[C@@H]1c1ccc(OC)cc1OC. The smallest absolute Gasteiger partial charge is 0.348 e. The Morgan fingerprint density at radius 3 is 2.54 bits per heavy atom. The molecule has 0 radical (unpaired) electrons. The average Bonchev–Trinajstić information content (AvgIpc) is 3.14. The van der Waals surface area contributed by atoms with Crippen LogP contribution in [-0.4, -0.2) is 33.4 Å². The molecule has 144 valence electrons. The van der Waals surface area contributed by atoms with Crippen LogP contribution in [0, 0.1) is 0 Å². The predicted octanol–water partition coefficient (Wildman–Crippen LogP) is 2.88. The van der Waals surface area contributed by atoms with E-state index in [-0.39, 0.29) is 5.56 Å². The molecular weight excluding hydrogens is 364 g/mol. The quantitative estimate of drug-likeness (QED) is 0.507. The summed E-state index contributed by atoms with van der Waals surface area (Å²) in [4.78, 5) is 25.3. The van der Waals surface area contributed by atoms with Crippen molar-refractivity contribution in [3.05, 3.63) is 64.0 Å². The molecule has 2 heterocycles. The molecule has 4 rings (SSSR count). The summed E-state index contributed by atoms with van der Waals surface area (Å²) >= 11 is 0. The van der Waals surface area contributed by atoms with Crippen LogP contribution in [0.25, 0.3) is 11.0 Å². The van der Waals surface area contributed by atoms with Crippen LogP contribution in [0.2, 0.25) is 0 Å². The minimum Gasteiger partial charge on any atom is -0.497 e. The summed E-state index contributed by atoms with van der Waals surface area (Å²) in [6.07, 6.45) is -1.05. The van der Waals surface area contributed by atoms with Gasteiger partial charge in [-0.05, 0) is 18.2 Å². The van der Waals surface area contributed by atoms with Gasteiger partial charge >= 0.3 is 11.6 Å². The summed E-state index contributed by atoms with van der Waals surface area (Å²) in [5.74, 6) is 0.0269. The highest BCUT2D eigenvalue weighted by atomic mass is 16.6. The number of rotatable bonds is 4. The lowest BCUT2D eigenvalue weighted by molar-refractivity contribution is -0.148. The molecule has 1 aliphatic heterocycles. The van der Waals surface area contributed by atoms with E-state index in [1.807, 2.05) is 0 Å². The number of hydrogen-bond donors (Lipinski definition) is 0. The van der Waals surface area contributed by atoms with E-state index in [0.29, 0.717) is 33.8 Å². The third-order valence-corrected chi connectivity index (χ3v) is 4.87. The molecule has 7 heteroatoms. The summed E-state index contributed by atoms with van der Waals surface area (Å²) in [5.41, 5.74) is 0.679. The van der Waals surface area contributed by atoms with Gasteiger partial charge in [-0.25, -0.2) is 9.59 Å². The fraction of sp³-hybridized carbons (Fsp3) is 0.238. The number of methoxy groups -OCH3 is 3. The van der Waals surface area contributed by atoms with E-state index in [2.05, 4.69) is 0 Å². The van der Waals surface area contributed by atoms with Gasteiger partial charge in [0.05, 0.1) is 38.2 Å². The maximum Gasteiger partial charge on any atom is 0.348 e. The highest BCUT2D eigenvalue weighted by Crippen LogP contribution is 2.47. The van der Waals surface area contributed by atoms with Gasteiger partial charge in [-0.3, -0.25) is 0 Å². The third-order valence-electron chi connectivity index (χ3n) is 4.87.